The number of halogens is 4. The molecule has 3 aromatic rings. The zero-order chi connectivity index (χ0) is 24.4. The minimum absolute atomic E-state index is 0.135. The lowest BCUT2D eigenvalue weighted by Gasteiger charge is -2.26. The molecule has 0 aromatic heterocycles. The van der Waals surface area contributed by atoms with Crippen LogP contribution in [0.2, 0.25) is 0 Å². The summed E-state index contributed by atoms with van der Waals surface area (Å²) >= 11 is 4.16. The fourth-order valence-electron chi connectivity index (χ4n) is 3.19. The van der Waals surface area contributed by atoms with Crippen molar-refractivity contribution in [3.8, 4) is 5.75 Å². The van der Waals surface area contributed by atoms with E-state index < -0.39 is 23.7 Å². The summed E-state index contributed by atoms with van der Waals surface area (Å²) in [6, 6.07) is 13.3. The van der Waals surface area contributed by atoms with E-state index in [9.17, 15) is 23.2 Å². The Hall–Kier alpha value is -2.87. The number of nitrogens with zero attached hydrogens (tertiary/aromatic N) is 1. The Balaban J connectivity index is 1.60. The molecule has 0 atom stereocenters. The van der Waals surface area contributed by atoms with E-state index in [4.69, 9.17) is 4.74 Å². The Morgan fingerprint density at radius 1 is 0.882 bits per heavy atom. The summed E-state index contributed by atoms with van der Waals surface area (Å²) < 4.78 is 33.7. The van der Waals surface area contributed by atoms with Crippen LogP contribution in [0, 0.1) is 18.8 Å². The third kappa shape index (κ3) is 5.27. The highest BCUT2D eigenvalue weighted by atomic mass is 127. The molecule has 1 N–H and O–H groups in total. The van der Waals surface area contributed by atoms with Crippen LogP contribution in [0.1, 0.15) is 11.1 Å². The van der Waals surface area contributed by atoms with Crippen molar-refractivity contribution in [3.63, 3.8) is 0 Å². The van der Waals surface area contributed by atoms with Gasteiger partial charge in [-0.1, -0.05) is 12.1 Å². The van der Waals surface area contributed by atoms with Gasteiger partial charge in [0.25, 0.3) is 11.8 Å². The number of barbiturate groups is 1. The smallest absolute Gasteiger partial charge is 0.335 e. The number of hydrogen-bond acceptors (Lipinski definition) is 4. The minimum atomic E-state index is -0.910. The quantitative estimate of drug-likeness (QED) is 0.221. The number of carbonyl (C=O) groups is 3. The second-order valence-corrected chi connectivity index (χ2v) is 9.49. The van der Waals surface area contributed by atoms with Crippen molar-refractivity contribution < 1.29 is 27.9 Å². The van der Waals surface area contributed by atoms with Crippen LogP contribution in [-0.4, -0.2) is 17.8 Å². The average Bonchev–Trinajstić information content (AvgIpc) is 2.78. The first-order chi connectivity index (χ1) is 16.2. The Morgan fingerprint density at radius 3 is 2.03 bits per heavy atom. The molecule has 10 heteroatoms. The largest absolute Gasteiger partial charge is 0.487 e. The van der Waals surface area contributed by atoms with Crippen molar-refractivity contribution >= 4 is 74.8 Å². The Kier molecular flexibility index (Phi) is 7.26. The van der Waals surface area contributed by atoms with Gasteiger partial charge in [0.15, 0.2) is 0 Å². The molecule has 3 aromatic carbocycles. The second kappa shape index (κ2) is 10.2. The van der Waals surface area contributed by atoms with Crippen LogP contribution in [0.5, 0.6) is 5.75 Å². The lowest BCUT2D eigenvalue weighted by atomic mass is 10.1. The molecule has 1 saturated heterocycles. The van der Waals surface area contributed by atoms with E-state index >= 15 is 0 Å². The van der Waals surface area contributed by atoms with Crippen LogP contribution in [0.15, 0.2) is 66.2 Å². The van der Waals surface area contributed by atoms with E-state index in [2.05, 4.69) is 50.5 Å². The summed E-state index contributed by atoms with van der Waals surface area (Å²) in [5.74, 6) is -1.88. The summed E-state index contributed by atoms with van der Waals surface area (Å²) in [5, 5.41) is 2.14. The number of carbonyl (C=O) groups excluding carboxylic acids is 3. The lowest BCUT2D eigenvalue weighted by Crippen LogP contribution is -2.54. The van der Waals surface area contributed by atoms with Gasteiger partial charge < -0.3 is 4.74 Å². The number of hydrogen-bond donors (Lipinski definition) is 1. The van der Waals surface area contributed by atoms with Crippen LogP contribution in [-0.2, 0) is 16.2 Å². The molecule has 6 nitrogen and oxygen atoms in total. The van der Waals surface area contributed by atoms with Crippen LogP contribution >= 0.6 is 45.2 Å². The molecular weight excluding hydrogens is 672 g/mol. The SMILES string of the molecule is O=C1NC(=O)N(c2ccc(F)cc2)C(=O)/C1=C/c1cc(I)c(OCc2ccc(F)cc2)c(I)c1. The average molecular weight is 686 g/mol. The highest BCUT2D eigenvalue weighted by Crippen LogP contribution is 2.31. The standard InChI is InChI=1S/C24H14F2I2N2O4/c25-15-3-1-13(2-4-15)12-34-21-19(27)10-14(11-20(21)28)9-18-22(31)29-24(33)30(23(18)32)17-7-5-16(26)6-8-17/h1-11H,12H2,(H,29,31,33)/b18-9+. The van der Waals surface area contributed by atoms with Crippen molar-refractivity contribution in [2.24, 2.45) is 0 Å². The topological polar surface area (TPSA) is 75.7 Å². The third-order valence-corrected chi connectivity index (χ3v) is 6.42. The Morgan fingerprint density at radius 2 is 1.44 bits per heavy atom. The predicted molar refractivity (Wildman–Crippen MR) is 138 cm³/mol. The molecule has 4 amide bonds. The van der Waals surface area contributed by atoms with Gasteiger partial charge in [-0.2, -0.15) is 0 Å². The van der Waals surface area contributed by atoms with Crippen molar-refractivity contribution in [1.82, 2.24) is 5.32 Å². The number of imide groups is 2. The molecule has 0 bridgehead atoms. The molecule has 1 heterocycles. The molecule has 0 saturated carbocycles. The van der Waals surface area contributed by atoms with Crippen molar-refractivity contribution in [1.29, 1.82) is 0 Å². The van der Waals surface area contributed by atoms with E-state index in [-0.39, 0.29) is 23.7 Å². The first-order valence-corrected chi connectivity index (χ1v) is 11.9. The minimum Gasteiger partial charge on any atom is -0.487 e. The second-order valence-electron chi connectivity index (χ2n) is 7.16. The van der Waals surface area contributed by atoms with Gasteiger partial charge in [0, 0.05) is 0 Å². The molecule has 1 aliphatic heterocycles. The van der Waals surface area contributed by atoms with Gasteiger partial charge in [0.1, 0.15) is 29.6 Å². The maximum Gasteiger partial charge on any atom is 0.335 e. The molecule has 0 radical (unpaired) electrons. The normalized spacial score (nSPS) is 15.0. The van der Waals surface area contributed by atoms with Gasteiger partial charge in [0.05, 0.1) is 12.8 Å². The van der Waals surface area contributed by atoms with Crippen LogP contribution in [0.25, 0.3) is 6.08 Å². The summed E-state index contributed by atoms with van der Waals surface area (Å²) in [4.78, 5) is 38.4. The van der Waals surface area contributed by atoms with Crippen molar-refractivity contribution in [2.45, 2.75) is 6.61 Å². The maximum atomic E-state index is 13.3. The molecule has 34 heavy (non-hydrogen) atoms. The number of amides is 4. The fourth-order valence-corrected chi connectivity index (χ4v) is 5.31. The van der Waals surface area contributed by atoms with Gasteiger partial charge in [0.2, 0.25) is 0 Å². The van der Waals surface area contributed by atoms with Gasteiger partial charge in [-0.25, -0.2) is 18.5 Å². The summed E-state index contributed by atoms with van der Waals surface area (Å²) in [7, 11) is 0. The highest BCUT2D eigenvalue weighted by molar-refractivity contribution is 14.1. The van der Waals surface area contributed by atoms with Gasteiger partial charge in [-0.15, -0.1) is 0 Å². The monoisotopic (exact) mass is 686 g/mol. The number of benzene rings is 3. The van der Waals surface area contributed by atoms with Crippen molar-refractivity contribution in [3.05, 3.63) is 96.1 Å². The summed E-state index contributed by atoms with van der Waals surface area (Å²) in [5.41, 5.74) is 1.25. The van der Waals surface area contributed by atoms with E-state index in [0.717, 1.165) is 29.7 Å². The van der Waals surface area contributed by atoms with E-state index in [0.29, 0.717) is 11.3 Å². The van der Waals surface area contributed by atoms with Gasteiger partial charge in [-0.3, -0.25) is 14.9 Å². The molecule has 4 rings (SSSR count). The number of rotatable bonds is 5. The maximum absolute atomic E-state index is 13.3. The molecule has 172 valence electrons. The molecule has 1 aliphatic rings. The van der Waals surface area contributed by atoms with Crippen LogP contribution < -0.4 is 15.0 Å². The fraction of sp³-hybridized carbons (Fsp3) is 0.0417. The molecule has 0 unspecified atom stereocenters. The molecule has 0 aliphatic carbocycles. The number of ether oxygens (including phenoxy) is 1. The first-order valence-electron chi connectivity index (χ1n) is 9.76. The molecule has 0 spiro atoms. The predicted octanol–water partition coefficient (Wildman–Crippen LogP) is 5.42. The Bertz CT molecular complexity index is 1300. The van der Waals surface area contributed by atoms with Gasteiger partial charge in [-0.05, 0) is 111 Å². The van der Waals surface area contributed by atoms with Crippen LogP contribution in [0.4, 0.5) is 19.3 Å². The van der Waals surface area contributed by atoms with E-state index in [1.807, 2.05) is 0 Å². The van der Waals surface area contributed by atoms with Gasteiger partial charge >= 0.3 is 6.03 Å². The zero-order valence-electron chi connectivity index (χ0n) is 17.2. The molecule has 1 fully saturated rings. The van der Waals surface area contributed by atoms with E-state index in [1.165, 1.54) is 30.3 Å². The highest BCUT2D eigenvalue weighted by Gasteiger charge is 2.36. The number of urea groups is 1. The summed E-state index contributed by atoms with van der Waals surface area (Å²) in [6.45, 7) is 0.238. The number of anilines is 1. The van der Waals surface area contributed by atoms with Crippen LogP contribution in [0.3, 0.4) is 0 Å². The zero-order valence-corrected chi connectivity index (χ0v) is 21.5. The van der Waals surface area contributed by atoms with Crippen molar-refractivity contribution in [2.75, 3.05) is 4.90 Å². The number of nitrogens with one attached hydrogen (secondary N) is 1. The Labute approximate surface area is 220 Å². The first kappa shape index (κ1) is 24.3. The lowest BCUT2D eigenvalue weighted by molar-refractivity contribution is -0.122. The summed E-state index contributed by atoms with van der Waals surface area (Å²) in [6.07, 6.45) is 1.38. The third-order valence-electron chi connectivity index (χ3n) is 4.81. The van der Waals surface area contributed by atoms with E-state index in [1.54, 1.807) is 24.3 Å². The molecular formula is C24H14F2I2N2O4.